The second kappa shape index (κ2) is 7.00. The molecule has 1 N–H and O–H groups in total. The maximum atomic E-state index is 13.5. The number of hydrogen-bond donors (Lipinski definition) is 1. The van der Waals surface area contributed by atoms with Gasteiger partial charge in [-0.15, -0.1) is 11.8 Å². The number of fused-ring (bicyclic) bond motifs is 3. The summed E-state index contributed by atoms with van der Waals surface area (Å²) in [5.74, 6) is 1.29. The topological polar surface area (TPSA) is 70.1 Å². The van der Waals surface area contributed by atoms with E-state index < -0.39 is 4.87 Å². The number of carbonyl (C=O) groups excluding carboxylic acids is 1. The van der Waals surface area contributed by atoms with E-state index in [1.165, 1.54) is 0 Å². The van der Waals surface area contributed by atoms with Crippen molar-refractivity contribution in [2.75, 3.05) is 29.2 Å². The Labute approximate surface area is 190 Å². The number of hydrogen-bond acceptors (Lipinski definition) is 7. The highest BCUT2D eigenvalue weighted by Crippen LogP contribution is 2.60. The second-order valence-corrected chi connectivity index (χ2v) is 9.50. The summed E-state index contributed by atoms with van der Waals surface area (Å²) < 4.78 is 0. The number of nitrogens with one attached hydrogen (secondary N) is 1. The van der Waals surface area contributed by atoms with E-state index in [-0.39, 0.29) is 17.3 Å². The van der Waals surface area contributed by atoms with Crippen LogP contribution in [0.1, 0.15) is 17.2 Å². The average molecular weight is 444 g/mol. The first-order valence-corrected chi connectivity index (χ1v) is 11.3. The van der Waals surface area contributed by atoms with Crippen LogP contribution in [0.2, 0.25) is 0 Å². The smallest absolute Gasteiger partial charge is 0.266 e. The monoisotopic (exact) mass is 443 g/mol. The third kappa shape index (κ3) is 2.59. The lowest BCUT2D eigenvalue weighted by Crippen LogP contribution is -2.47. The van der Waals surface area contributed by atoms with Gasteiger partial charge in [-0.25, -0.2) is 4.98 Å². The Bertz CT molecular complexity index is 1230. The Balaban J connectivity index is 1.47. The van der Waals surface area contributed by atoms with Gasteiger partial charge in [0.1, 0.15) is 11.1 Å². The molecule has 3 atom stereocenters. The fraction of sp³-hybridized carbons (Fsp3) is 0.208. The van der Waals surface area contributed by atoms with Gasteiger partial charge in [-0.2, -0.15) is 0 Å². The van der Waals surface area contributed by atoms with E-state index in [2.05, 4.69) is 44.6 Å². The van der Waals surface area contributed by atoms with Gasteiger partial charge < -0.3 is 15.1 Å². The molecule has 7 nitrogen and oxygen atoms in total. The quantitative estimate of drug-likeness (QED) is 0.661. The number of rotatable bonds is 3. The fourth-order valence-electron chi connectivity index (χ4n) is 4.55. The molecule has 6 rings (SSSR count). The van der Waals surface area contributed by atoms with Crippen molar-refractivity contribution in [2.24, 2.45) is 5.16 Å². The van der Waals surface area contributed by atoms with E-state index in [0.29, 0.717) is 11.7 Å². The van der Waals surface area contributed by atoms with Gasteiger partial charge in [0, 0.05) is 37.2 Å². The predicted molar refractivity (Wildman–Crippen MR) is 127 cm³/mol. The molecular weight excluding hydrogens is 422 g/mol. The number of amides is 1. The molecule has 0 saturated carbocycles. The van der Waals surface area contributed by atoms with Gasteiger partial charge in [0.05, 0.1) is 0 Å². The van der Waals surface area contributed by atoms with Crippen LogP contribution in [0, 0.1) is 0 Å². The highest BCUT2D eigenvalue weighted by Gasteiger charge is 2.64. The predicted octanol–water partition coefficient (Wildman–Crippen LogP) is 3.96. The van der Waals surface area contributed by atoms with Gasteiger partial charge in [0.25, 0.3) is 5.91 Å². The van der Waals surface area contributed by atoms with E-state index in [1.54, 1.807) is 18.0 Å². The zero-order chi connectivity index (χ0) is 21.9. The van der Waals surface area contributed by atoms with Crippen LogP contribution in [0.3, 0.4) is 0 Å². The van der Waals surface area contributed by atoms with Crippen molar-refractivity contribution >= 4 is 40.7 Å². The van der Waals surface area contributed by atoms with Gasteiger partial charge in [-0.1, -0.05) is 41.6 Å². The number of anilines is 3. The summed E-state index contributed by atoms with van der Waals surface area (Å²) in [5, 5.41) is 7.40. The number of aromatic nitrogens is 1. The molecule has 4 heterocycles. The molecule has 8 heteroatoms. The van der Waals surface area contributed by atoms with Crippen molar-refractivity contribution in [2.45, 2.75) is 16.2 Å². The Morgan fingerprint density at radius 1 is 1.06 bits per heavy atom. The zero-order valence-electron chi connectivity index (χ0n) is 17.6. The Morgan fingerprint density at radius 3 is 2.59 bits per heavy atom. The van der Waals surface area contributed by atoms with Crippen molar-refractivity contribution in [1.29, 1.82) is 0 Å². The number of amidine groups is 1. The maximum Gasteiger partial charge on any atom is 0.266 e. The van der Waals surface area contributed by atoms with Gasteiger partial charge in [-0.05, 0) is 35.9 Å². The van der Waals surface area contributed by atoms with E-state index >= 15 is 0 Å². The third-order valence-corrected chi connectivity index (χ3v) is 7.74. The number of carbonyl (C=O) groups is 1. The minimum Gasteiger partial charge on any atom is -0.384 e. The van der Waals surface area contributed by atoms with Crippen molar-refractivity contribution in [3.63, 3.8) is 0 Å². The molecule has 0 radical (unpaired) electrons. The lowest BCUT2D eigenvalue weighted by Gasteiger charge is -2.32. The van der Waals surface area contributed by atoms with Crippen LogP contribution in [0.15, 0.2) is 78.1 Å². The van der Waals surface area contributed by atoms with E-state index in [1.807, 2.05) is 61.5 Å². The van der Waals surface area contributed by atoms with Crippen LogP contribution >= 0.6 is 11.8 Å². The average Bonchev–Trinajstić information content (AvgIpc) is 3.45. The standard InChI is InChI=1S/C24H21N5O2S/c1-28(2)16-12-10-15(11-13-16)20-21-22(27-31-20)29(19-9-5-6-14-25-19)24(32-21)17-7-3-4-8-18(17)26-23(24)30/h3-14,20-21H,1-2H3,(H,26,30). The summed E-state index contributed by atoms with van der Waals surface area (Å²) >= 11 is 1.57. The normalized spacial score (nSPS) is 25.2. The summed E-state index contributed by atoms with van der Waals surface area (Å²) in [6.45, 7) is 0. The molecule has 1 saturated heterocycles. The van der Waals surface area contributed by atoms with E-state index in [0.717, 1.165) is 22.5 Å². The molecule has 1 aromatic heterocycles. The summed E-state index contributed by atoms with van der Waals surface area (Å²) in [5.41, 5.74) is 3.87. The van der Waals surface area contributed by atoms with Crippen LogP contribution in [0.4, 0.5) is 17.2 Å². The van der Waals surface area contributed by atoms with E-state index in [4.69, 9.17) is 4.84 Å². The maximum absolute atomic E-state index is 13.5. The molecule has 1 amide bonds. The van der Waals surface area contributed by atoms with Crippen LogP contribution < -0.4 is 15.1 Å². The largest absolute Gasteiger partial charge is 0.384 e. The molecule has 1 fully saturated rings. The molecule has 3 aliphatic rings. The molecule has 0 bridgehead atoms. The summed E-state index contributed by atoms with van der Waals surface area (Å²) in [4.78, 5) is 27.0. The van der Waals surface area contributed by atoms with Crippen molar-refractivity contribution in [3.05, 3.63) is 84.1 Å². The number of pyridine rings is 1. The lowest BCUT2D eigenvalue weighted by molar-refractivity contribution is -0.117. The van der Waals surface area contributed by atoms with E-state index in [9.17, 15) is 4.79 Å². The minimum atomic E-state index is -0.986. The number of oxime groups is 1. The molecule has 3 unspecified atom stereocenters. The SMILES string of the molecule is CN(C)c1ccc(C2ON=C3C2SC2(C(=O)Nc4ccccc42)N3c2ccccn2)cc1. The van der Waals surface area contributed by atoms with Crippen LogP contribution in [0.5, 0.6) is 0 Å². The summed E-state index contributed by atoms with van der Waals surface area (Å²) in [7, 11) is 4.03. The molecule has 0 aliphatic carbocycles. The lowest BCUT2D eigenvalue weighted by atomic mass is 10.0. The molecule has 3 aromatic rings. The van der Waals surface area contributed by atoms with Crippen molar-refractivity contribution < 1.29 is 9.63 Å². The second-order valence-electron chi connectivity index (χ2n) is 8.17. The van der Waals surface area contributed by atoms with Gasteiger partial charge in [0.15, 0.2) is 11.9 Å². The first kappa shape index (κ1) is 19.2. The van der Waals surface area contributed by atoms with Crippen LogP contribution in [-0.4, -0.2) is 36.1 Å². The van der Waals surface area contributed by atoms with Crippen LogP contribution in [0.25, 0.3) is 0 Å². The first-order valence-electron chi connectivity index (χ1n) is 10.4. The van der Waals surface area contributed by atoms with Gasteiger partial charge in [-0.3, -0.25) is 9.69 Å². The molecule has 160 valence electrons. The van der Waals surface area contributed by atoms with Crippen molar-refractivity contribution in [3.8, 4) is 0 Å². The number of benzene rings is 2. The fourth-order valence-corrected chi connectivity index (χ4v) is 6.26. The summed E-state index contributed by atoms with van der Waals surface area (Å²) in [6, 6.07) is 21.8. The van der Waals surface area contributed by atoms with Gasteiger partial charge >= 0.3 is 0 Å². The first-order chi connectivity index (χ1) is 15.6. The van der Waals surface area contributed by atoms with Crippen LogP contribution in [-0.2, 0) is 14.5 Å². The highest BCUT2D eigenvalue weighted by molar-refractivity contribution is 8.03. The highest BCUT2D eigenvalue weighted by atomic mass is 32.2. The van der Waals surface area contributed by atoms with Crippen molar-refractivity contribution in [1.82, 2.24) is 4.98 Å². The molecular formula is C24H21N5O2S. The molecule has 32 heavy (non-hydrogen) atoms. The third-order valence-electron chi connectivity index (χ3n) is 6.10. The minimum absolute atomic E-state index is 0.0897. The number of nitrogens with zero attached hydrogens (tertiary/aromatic N) is 4. The Morgan fingerprint density at radius 2 is 1.84 bits per heavy atom. The zero-order valence-corrected chi connectivity index (χ0v) is 18.4. The molecule has 2 aromatic carbocycles. The molecule has 3 aliphatic heterocycles. The Kier molecular flexibility index (Phi) is 4.19. The molecule has 1 spiro atoms. The number of thioether (sulfide) groups is 1. The van der Waals surface area contributed by atoms with Gasteiger partial charge in [0.2, 0.25) is 4.87 Å². The number of para-hydroxylation sites is 1. The summed E-state index contributed by atoms with van der Waals surface area (Å²) in [6.07, 6.45) is 1.44. The Hall–Kier alpha value is -3.52.